The zero-order valence-electron chi connectivity index (χ0n) is 9.36. The molecule has 4 nitrogen and oxygen atoms in total. The molecule has 0 radical (unpaired) electrons. The number of nitrogens with two attached hydrogens (primary N) is 1. The fraction of sp³-hybridized carbons (Fsp3) is 0.300. The largest absolute Gasteiger partial charge is 0.406 e. The number of alkyl halides is 3. The first kappa shape index (κ1) is 14.4. The van der Waals surface area contributed by atoms with E-state index in [0.29, 0.717) is 10.1 Å². The highest BCUT2D eigenvalue weighted by molar-refractivity contribution is 5.90. The number of nitrogen functional groups attached to an aromatic ring is 1. The van der Waals surface area contributed by atoms with Crippen molar-refractivity contribution in [2.75, 3.05) is 5.73 Å². The number of halogens is 4. The molecule has 0 atom stereocenters. The lowest BCUT2D eigenvalue weighted by atomic mass is 10.3. The molecule has 0 amide bonds. The van der Waals surface area contributed by atoms with Crippen molar-refractivity contribution in [1.29, 1.82) is 0 Å². The number of nitrogens with zero attached hydrogens (tertiary/aromatic N) is 2. The molecule has 18 heavy (non-hydrogen) atoms. The van der Waals surface area contributed by atoms with E-state index in [0.717, 1.165) is 6.20 Å². The van der Waals surface area contributed by atoms with Crippen LogP contribution < -0.4 is 11.3 Å². The summed E-state index contributed by atoms with van der Waals surface area (Å²) in [5.41, 5.74) is 5.57. The molecule has 2 heterocycles. The highest BCUT2D eigenvalue weighted by Gasteiger charge is 2.28. The van der Waals surface area contributed by atoms with Crippen LogP contribution in [0.3, 0.4) is 0 Å². The van der Waals surface area contributed by atoms with Crippen molar-refractivity contribution in [3.05, 3.63) is 28.8 Å². The summed E-state index contributed by atoms with van der Waals surface area (Å²) in [5, 5.41) is 0.124. The summed E-state index contributed by atoms with van der Waals surface area (Å²) in [6.45, 7) is -1.31. The van der Waals surface area contributed by atoms with Gasteiger partial charge in [-0.1, -0.05) is 0 Å². The van der Waals surface area contributed by atoms with Gasteiger partial charge in [-0.25, -0.2) is 0 Å². The Kier molecular flexibility index (Phi) is 3.66. The van der Waals surface area contributed by atoms with Gasteiger partial charge in [-0.05, 0) is 6.07 Å². The molecule has 0 spiro atoms. The first-order valence-electron chi connectivity index (χ1n) is 4.80. The van der Waals surface area contributed by atoms with Crippen LogP contribution >= 0.6 is 12.4 Å². The predicted octanol–water partition coefficient (Wildman–Crippen LogP) is 1.91. The Labute approximate surface area is 106 Å². The zero-order chi connectivity index (χ0) is 12.8. The van der Waals surface area contributed by atoms with Gasteiger partial charge in [0.1, 0.15) is 6.54 Å². The van der Waals surface area contributed by atoms with Crippen molar-refractivity contribution in [3.63, 3.8) is 0 Å². The Bertz CT molecular complexity index is 630. The van der Waals surface area contributed by atoms with Crippen molar-refractivity contribution in [3.8, 4) is 0 Å². The van der Waals surface area contributed by atoms with Gasteiger partial charge in [-0.15, -0.1) is 12.4 Å². The van der Waals surface area contributed by atoms with E-state index >= 15 is 0 Å². The monoisotopic (exact) mass is 281 g/mol. The van der Waals surface area contributed by atoms with Gasteiger partial charge in [0.25, 0.3) is 5.56 Å². The van der Waals surface area contributed by atoms with Crippen LogP contribution in [0.25, 0.3) is 10.9 Å². The van der Waals surface area contributed by atoms with Crippen LogP contribution in [0, 0.1) is 0 Å². The maximum absolute atomic E-state index is 12.2. The molecule has 0 saturated carbocycles. The van der Waals surface area contributed by atoms with Gasteiger partial charge < -0.3 is 14.9 Å². The lowest BCUT2D eigenvalue weighted by Gasteiger charge is -2.09. The van der Waals surface area contributed by atoms with Crippen LogP contribution in [0.1, 0.15) is 0 Å². The molecule has 2 aromatic heterocycles. The zero-order valence-corrected chi connectivity index (χ0v) is 10.2. The maximum Gasteiger partial charge on any atom is 0.406 e. The average molecular weight is 282 g/mol. The van der Waals surface area contributed by atoms with E-state index in [-0.39, 0.29) is 23.5 Å². The van der Waals surface area contributed by atoms with Crippen molar-refractivity contribution in [1.82, 2.24) is 9.13 Å². The Morgan fingerprint density at radius 3 is 2.56 bits per heavy atom. The van der Waals surface area contributed by atoms with Gasteiger partial charge >= 0.3 is 6.18 Å². The molecule has 8 heteroatoms. The fourth-order valence-electron chi connectivity index (χ4n) is 1.79. The molecule has 0 unspecified atom stereocenters. The van der Waals surface area contributed by atoms with Crippen LogP contribution in [-0.2, 0) is 13.6 Å². The smallest absolute Gasteiger partial charge is 0.397 e. The number of aryl methyl sites for hydroxylation is 1. The van der Waals surface area contributed by atoms with Crippen LogP contribution in [0.4, 0.5) is 18.9 Å². The molecule has 2 rings (SSSR count). The van der Waals surface area contributed by atoms with E-state index < -0.39 is 18.3 Å². The van der Waals surface area contributed by atoms with Crippen LogP contribution in [0.5, 0.6) is 0 Å². The third-order valence-corrected chi connectivity index (χ3v) is 2.49. The van der Waals surface area contributed by atoms with E-state index in [2.05, 4.69) is 0 Å². The molecule has 100 valence electrons. The lowest BCUT2D eigenvalue weighted by molar-refractivity contribution is -0.141. The van der Waals surface area contributed by atoms with Crippen molar-refractivity contribution >= 4 is 29.0 Å². The van der Waals surface area contributed by atoms with Gasteiger partial charge in [0, 0.05) is 19.4 Å². The standard InChI is InChI=1S/C10H10F3N3O.ClH/c1-15-4-6(14)8-7(15)2-3-16(9(8)17)5-10(11,12)13;/h2-4H,5,14H2,1H3;1H. The number of aromatic nitrogens is 2. The highest BCUT2D eigenvalue weighted by atomic mass is 35.5. The second-order valence-electron chi connectivity index (χ2n) is 3.82. The Balaban J connectivity index is 0.00000162. The third-order valence-electron chi connectivity index (χ3n) is 2.49. The molecule has 0 aliphatic rings. The number of hydrogen-bond acceptors (Lipinski definition) is 2. The quantitative estimate of drug-likeness (QED) is 0.868. The summed E-state index contributed by atoms with van der Waals surface area (Å²) in [7, 11) is 1.67. The molecule has 2 aromatic rings. The van der Waals surface area contributed by atoms with E-state index in [1.807, 2.05) is 0 Å². The van der Waals surface area contributed by atoms with Crippen molar-refractivity contribution in [2.45, 2.75) is 12.7 Å². The minimum absolute atomic E-state index is 0. The molecule has 0 aromatic carbocycles. The topological polar surface area (TPSA) is 52.9 Å². The SMILES string of the molecule is Cl.Cn1cc(N)c2c(=O)n(CC(F)(F)F)ccc21. The number of anilines is 1. The molecular weight excluding hydrogens is 271 g/mol. The summed E-state index contributed by atoms with van der Waals surface area (Å²) >= 11 is 0. The first-order valence-corrected chi connectivity index (χ1v) is 4.80. The van der Waals surface area contributed by atoms with E-state index in [1.54, 1.807) is 11.6 Å². The molecule has 0 aliphatic heterocycles. The second-order valence-corrected chi connectivity index (χ2v) is 3.82. The summed E-state index contributed by atoms with van der Waals surface area (Å²) in [4.78, 5) is 11.8. The molecule has 2 N–H and O–H groups in total. The van der Waals surface area contributed by atoms with Crippen LogP contribution in [0.2, 0.25) is 0 Å². The predicted molar refractivity (Wildman–Crippen MR) is 64.9 cm³/mol. The Morgan fingerprint density at radius 1 is 1.39 bits per heavy atom. The molecular formula is C10H11ClF3N3O. The minimum atomic E-state index is -4.43. The maximum atomic E-state index is 12.2. The van der Waals surface area contributed by atoms with Gasteiger partial charge in [0.15, 0.2) is 0 Å². The Hall–Kier alpha value is -1.63. The van der Waals surface area contributed by atoms with Crippen molar-refractivity contribution < 1.29 is 13.2 Å². The van der Waals surface area contributed by atoms with Crippen molar-refractivity contribution in [2.24, 2.45) is 7.05 Å². The van der Waals surface area contributed by atoms with Gasteiger partial charge in [0.2, 0.25) is 0 Å². The number of pyridine rings is 1. The van der Waals surface area contributed by atoms with Crippen LogP contribution in [-0.4, -0.2) is 15.3 Å². The summed E-state index contributed by atoms with van der Waals surface area (Å²) in [5.74, 6) is 0. The fourth-order valence-corrected chi connectivity index (χ4v) is 1.79. The number of hydrogen-bond donors (Lipinski definition) is 1. The van der Waals surface area contributed by atoms with Gasteiger partial charge in [0.05, 0.1) is 16.6 Å². The average Bonchev–Trinajstić information content (AvgIpc) is 2.45. The molecule has 0 saturated heterocycles. The Morgan fingerprint density at radius 2 is 2.00 bits per heavy atom. The molecule has 0 bridgehead atoms. The minimum Gasteiger partial charge on any atom is -0.397 e. The number of rotatable bonds is 1. The van der Waals surface area contributed by atoms with Gasteiger partial charge in [-0.2, -0.15) is 13.2 Å². The van der Waals surface area contributed by atoms with E-state index in [9.17, 15) is 18.0 Å². The lowest BCUT2D eigenvalue weighted by Crippen LogP contribution is -2.27. The normalized spacial score (nSPS) is 11.6. The second kappa shape index (κ2) is 4.56. The number of fused-ring (bicyclic) bond motifs is 1. The van der Waals surface area contributed by atoms with Gasteiger partial charge in [-0.3, -0.25) is 4.79 Å². The highest BCUT2D eigenvalue weighted by Crippen LogP contribution is 2.20. The first-order chi connectivity index (χ1) is 7.79. The molecule has 0 aliphatic carbocycles. The third kappa shape index (κ3) is 2.45. The van der Waals surface area contributed by atoms with E-state index in [1.165, 1.54) is 12.3 Å². The van der Waals surface area contributed by atoms with E-state index in [4.69, 9.17) is 5.73 Å². The molecule has 0 fully saturated rings. The van der Waals surface area contributed by atoms with Crippen LogP contribution in [0.15, 0.2) is 23.3 Å². The summed E-state index contributed by atoms with van der Waals surface area (Å²) in [6.07, 6.45) is -1.80. The summed E-state index contributed by atoms with van der Waals surface area (Å²) < 4.78 is 38.9. The summed E-state index contributed by atoms with van der Waals surface area (Å²) in [6, 6.07) is 1.44.